The van der Waals surface area contributed by atoms with E-state index in [2.05, 4.69) is 0 Å². The summed E-state index contributed by atoms with van der Waals surface area (Å²) in [6, 6.07) is 9.95. The second-order valence-corrected chi connectivity index (χ2v) is 4.74. The second kappa shape index (κ2) is 5.61. The fourth-order valence-electron chi connectivity index (χ4n) is 1.17. The van der Waals surface area contributed by atoms with Crippen molar-refractivity contribution in [2.24, 2.45) is 0 Å². The molecule has 1 aromatic carbocycles. The van der Waals surface area contributed by atoms with Gasteiger partial charge in [-0.25, -0.2) is 4.79 Å². The van der Waals surface area contributed by atoms with E-state index in [1.807, 2.05) is 37.3 Å². The van der Waals surface area contributed by atoms with E-state index in [1.54, 1.807) is 24.8 Å². The number of aliphatic carboxylic acids is 1. The van der Waals surface area contributed by atoms with Crippen molar-refractivity contribution in [2.45, 2.75) is 24.0 Å². The molecule has 0 saturated carbocycles. The summed E-state index contributed by atoms with van der Waals surface area (Å²) >= 11 is 1.65. The van der Waals surface area contributed by atoms with Crippen molar-refractivity contribution in [1.82, 2.24) is 0 Å². The van der Waals surface area contributed by atoms with Crippen LogP contribution in [0.5, 0.6) is 0 Å². The highest BCUT2D eigenvalue weighted by Gasteiger charge is 2.05. The van der Waals surface area contributed by atoms with Crippen molar-refractivity contribution < 1.29 is 9.90 Å². The number of carboxylic acids is 1. The highest BCUT2D eigenvalue weighted by Crippen LogP contribution is 2.24. The summed E-state index contributed by atoms with van der Waals surface area (Å²) in [5, 5.41) is 8.89. The highest BCUT2D eigenvalue weighted by molar-refractivity contribution is 8.00. The van der Waals surface area contributed by atoms with Crippen LogP contribution in [-0.2, 0) is 4.79 Å². The Labute approximate surface area is 94.0 Å². The second-order valence-electron chi connectivity index (χ2n) is 3.29. The summed E-state index contributed by atoms with van der Waals surface area (Å²) in [7, 11) is 0. The fourth-order valence-corrected chi connectivity index (χ4v) is 2.19. The third-order valence-corrected chi connectivity index (χ3v) is 2.94. The van der Waals surface area contributed by atoms with Crippen LogP contribution >= 0.6 is 11.8 Å². The van der Waals surface area contributed by atoms with Crippen LogP contribution < -0.4 is 0 Å². The first-order valence-corrected chi connectivity index (χ1v) is 5.61. The van der Waals surface area contributed by atoms with Gasteiger partial charge in [-0.3, -0.25) is 0 Å². The molecule has 0 heterocycles. The molecule has 1 unspecified atom stereocenters. The number of hydrogen-bond donors (Lipinski definition) is 1. The SMILES string of the molecule is CC(=CC(C)Sc1ccccc1)C(=O)O. The van der Waals surface area contributed by atoms with Gasteiger partial charge in [-0.15, -0.1) is 11.8 Å². The van der Waals surface area contributed by atoms with Gasteiger partial charge in [0.1, 0.15) is 0 Å². The Hall–Kier alpha value is -1.22. The predicted octanol–water partition coefficient (Wildman–Crippen LogP) is 3.20. The first-order valence-electron chi connectivity index (χ1n) is 4.73. The van der Waals surface area contributed by atoms with Gasteiger partial charge >= 0.3 is 5.97 Å². The maximum atomic E-state index is 10.6. The van der Waals surface area contributed by atoms with Gasteiger partial charge in [-0.2, -0.15) is 0 Å². The van der Waals surface area contributed by atoms with Gasteiger partial charge in [-0.05, 0) is 26.0 Å². The van der Waals surface area contributed by atoms with E-state index in [0.717, 1.165) is 4.90 Å². The van der Waals surface area contributed by atoms with Crippen molar-refractivity contribution in [2.75, 3.05) is 0 Å². The molecule has 0 spiro atoms. The summed E-state index contributed by atoms with van der Waals surface area (Å²) < 4.78 is 0. The Morgan fingerprint density at radius 3 is 2.53 bits per heavy atom. The average molecular weight is 222 g/mol. The minimum absolute atomic E-state index is 0.170. The molecule has 1 atom stereocenters. The Kier molecular flexibility index (Phi) is 4.43. The average Bonchev–Trinajstić information content (AvgIpc) is 2.18. The number of hydrogen-bond acceptors (Lipinski definition) is 2. The van der Waals surface area contributed by atoms with Crippen LogP contribution in [-0.4, -0.2) is 16.3 Å². The van der Waals surface area contributed by atoms with E-state index >= 15 is 0 Å². The van der Waals surface area contributed by atoms with Crippen LogP contribution in [0.15, 0.2) is 46.9 Å². The van der Waals surface area contributed by atoms with Gasteiger partial charge < -0.3 is 5.11 Å². The molecule has 1 aromatic rings. The number of benzene rings is 1. The van der Waals surface area contributed by atoms with Crippen molar-refractivity contribution in [3.63, 3.8) is 0 Å². The first kappa shape index (κ1) is 11.9. The van der Waals surface area contributed by atoms with Gasteiger partial charge in [0.25, 0.3) is 0 Å². The van der Waals surface area contributed by atoms with Gasteiger partial charge in [0.05, 0.1) is 0 Å². The lowest BCUT2D eigenvalue weighted by atomic mass is 10.2. The van der Waals surface area contributed by atoms with Gasteiger partial charge in [0.2, 0.25) is 0 Å². The molecule has 3 heteroatoms. The number of thioether (sulfide) groups is 1. The summed E-state index contributed by atoms with van der Waals surface area (Å²) in [5.41, 5.74) is 0.394. The van der Waals surface area contributed by atoms with Crippen LogP contribution in [0.3, 0.4) is 0 Å². The van der Waals surface area contributed by atoms with E-state index in [4.69, 9.17) is 5.11 Å². The Morgan fingerprint density at radius 1 is 1.40 bits per heavy atom. The van der Waals surface area contributed by atoms with Gasteiger partial charge in [0, 0.05) is 15.7 Å². The summed E-state index contributed by atoms with van der Waals surface area (Å²) in [6.45, 7) is 3.61. The van der Waals surface area contributed by atoms with Crippen LogP contribution in [0, 0.1) is 0 Å². The van der Waals surface area contributed by atoms with Crippen molar-refractivity contribution in [1.29, 1.82) is 0 Å². The molecule has 0 saturated heterocycles. The molecule has 0 aliphatic heterocycles. The lowest BCUT2D eigenvalue weighted by Gasteiger charge is -2.06. The van der Waals surface area contributed by atoms with Crippen molar-refractivity contribution in [3.05, 3.63) is 42.0 Å². The van der Waals surface area contributed by atoms with Crippen LogP contribution in [0.1, 0.15) is 13.8 Å². The van der Waals surface area contributed by atoms with E-state index in [9.17, 15) is 4.79 Å². The molecular weight excluding hydrogens is 208 g/mol. The Balaban J connectivity index is 2.61. The zero-order valence-corrected chi connectivity index (χ0v) is 9.62. The minimum Gasteiger partial charge on any atom is -0.478 e. The third-order valence-electron chi connectivity index (χ3n) is 1.89. The Morgan fingerprint density at radius 2 is 2.00 bits per heavy atom. The molecule has 1 N–H and O–H groups in total. The standard InChI is InChI=1S/C12H14O2S/c1-9(12(13)14)8-10(2)15-11-6-4-3-5-7-11/h3-8,10H,1-2H3,(H,13,14). The van der Waals surface area contributed by atoms with Crippen LogP contribution in [0.4, 0.5) is 0 Å². The van der Waals surface area contributed by atoms with Gasteiger partial charge in [0.15, 0.2) is 0 Å². The topological polar surface area (TPSA) is 37.3 Å². The molecule has 0 aliphatic rings. The molecule has 0 radical (unpaired) electrons. The van der Waals surface area contributed by atoms with E-state index in [-0.39, 0.29) is 5.25 Å². The largest absolute Gasteiger partial charge is 0.478 e. The zero-order chi connectivity index (χ0) is 11.3. The van der Waals surface area contributed by atoms with Crippen LogP contribution in [0.25, 0.3) is 0 Å². The van der Waals surface area contributed by atoms with E-state index in [1.165, 1.54) is 0 Å². The maximum Gasteiger partial charge on any atom is 0.330 e. The zero-order valence-electron chi connectivity index (χ0n) is 8.81. The number of carbonyl (C=O) groups is 1. The molecule has 1 rings (SSSR count). The normalized spacial score (nSPS) is 13.6. The van der Waals surface area contributed by atoms with Gasteiger partial charge in [-0.1, -0.05) is 24.3 Å². The molecular formula is C12H14O2S. The fraction of sp³-hybridized carbons (Fsp3) is 0.250. The number of carboxylic acid groups (broad SMARTS) is 1. The van der Waals surface area contributed by atoms with E-state index < -0.39 is 5.97 Å². The summed E-state index contributed by atoms with van der Waals surface area (Å²) in [4.78, 5) is 11.8. The van der Waals surface area contributed by atoms with E-state index in [0.29, 0.717) is 5.57 Å². The molecule has 80 valence electrons. The highest BCUT2D eigenvalue weighted by atomic mass is 32.2. The molecule has 0 amide bonds. The maximum absolute atomic E-state index is 10.6. The predicted molar refractivity (Wildman–Crippen MR) is 63.2 cm³/mol. The monoisotopic (exact) mass is 222 g/mol. The van der Waals surface area contributed by atoms with Crippen molar-refractivity contribution >= 4 is 17.7 Å². The Bertz CT molecular complexity index is 357. The van der Waals surface area contributed by atoms with Crippen molar-refractivity contribution in [3.8, 4) is 0 Å². The first-order chi connectivity index (χ1) is 7.09. The molecule has 0 aliphatic carbocycles. The lowest BCUT2D eigenvalue weighted by molar-refractivity contribution is -0.132. The molecule has 15 heavy (non-hydrogen) atoms. The number of rotatable bonds is 4. The molecule has 0 fully saturated rings. The minimum atomic E-state index is -0.851. The van der Waals surface area contributed by atoms with Crippen LogP contribution in [0.2, 0.25) is 0 Å². The molecule has 0 aromatic heterocycles. The summed E-state index contributed by atoms with van der Waals surface area (Å²) in [5.74, 6) is -0.851. The third kappa shape index (κ3) is 4.21. The quantitative estimate of drug-likeness (QED) is 0.628. The molecule has 0 bridgehead atoms. The lowest BCUT2D eigenvalue weighted by Crippen LogP contribution is -2.00. The smallest absolute Gasteiger partial charge is 0.330 e. The summed E-state index contributed by atoms with van der Waals surface area (Å²) in [6.07, 6.45) is 1.76. The molecule has 2 nitrogen and oxygen atoms in total.